The fourth-order valence-electron chi connectivity index (χ4n) is 3.68. The quantitative estimate of drug-likeness (QED) is 0.476. The molecule has 158 valence electrons. The second kappa shape index (κ2) is 8.40. The summed E-state index contributed by atoms with van der Waals surface area (Å²) in [5.74, 6) is -0.0773. The summed E-state index contributed by atoms with van der Waals surface area (Å²) in [6.07, 6.45) is 1.80. The van der Waals surface area contributed by atoms with E-state index in [4.69, 9.17) is 11.6 Å². The number of aromatic hydroxyl groups is 1. The number of benzene rings is 2. The zero-order valence-corrected chi connectivity index (χ0v) is 18.4. The molecule has 2 heterocycles. The van der Waals surface area contributed by atoms with Gasteiger partial charge >= 0.3 is 0 Å². The lowest BCUT2D eigenvalue weighted by molar-refractivity contribution is 0.0787. The lowest BCUT2D eigenvalue weighted by Gasteiger charge is -2.19. The van der Waals surface area contributed by atoms with Crippen LogP contribution in [0.3, 0.4) is 0 Å². The zero-order valence-electron chi connectivity index (χ0n) is 17.6. The third-order valence-electron chi connectivity index (χ3n) is 5.40. The predicted molar refractivity (Wildman–Crippen MR) is 122 cm³/mol. The number of carbonyl (C=O) groups is 1. The molecule has 0 aliphatic carbocycles. The van der Waals surface area contributed by atoms with Gasteiger partial charge in [0.2, 0.25) is 0 Å². The number of hydrogen-bond acceptors (Lipinski definition) is 4. The Morgan fingerprint density at radius 1 is 1.19 bits per heavy atom. The lowest BCUT2D eigenvalue weighted by atomic mass is 10.0. The molecule has 0 fully saturated rings. The van der Waals surface area contributed by atoms with E-state index < -0.39 is 0 Å². The van der Waals surface area contributed by atoms with Crippen LogP contribution >= 0.6 is 11.6 Å². The average molecular weight is 435 g/mol. The van der Waals surface area contributed by atoms with E-state index in [-0.39, 0.29) is 11.7 Å². The van der Waals surface area contributed by atoms with E-state index in [2.05, 4.69) is 10.1 Å². The summed E-state index contributed by atoms with van der Waals surface area (Å²) in [5, 5.41) is 15.6. The van der Waals surface area contributed by atoms with Gasteiger partial charge in [-0.25, -0.2) is 4.98 Å². The number of pyridine rings is 1. The highest BCUT2D eigenvalue weighted by Gasteiger charge is 2.20. The molecule has 0 unspecified atom stereocenters. The molecule has 0 radical (unpaired) electrons. The number of aromatic nitrogens is 3. The Morgan fingerprint density at radius 2 is 2.00 bits per heavy atom. The standard InChI is InChI=1S/C24H23ClN4O2/c1-4-29-15(2)17(13-26-29)14-28(3)24(31)21-12-23(16-6-5-7-18(25)10-16)27-22-9-8-19(30)11-20(21)22/h5-13,30H,4,14H2,1-3H3. The van der Waals surface area contributed by atoms with Crippen molar-refractivity contribution in [3.05, 3.63) is 76.6 Å². The first kappa shape index (κ1) is 20.9. The van der Waals surface area contributed by atoms with Crippen molar-refractivity contribution < 1.29 is 9.90 Å². The Hall–Kier alpha value is -3.38. The lowest BCUT2D eigenvalue weighted by Crippen LogP contribution is -2.26. The number of phenolic OH excluding ortho intramolecular Hbond substituents is 1. The number of amides is 1. The largest absolute Gasteiger partial charge is 0.508 e. The summed E-state index contributed by atoms with van der Waals surface area (Å²) >= 11 is 6.16. The van der Waals surface area contributed by atoms with E-state index in [0.29, 0.717) is 33.7 Å². The molecule has 2 aromatic heterocycles. The second-order valence-electron chi connectivity index (χ2n) is 7.50. The van der Waals surface area contributed by atoms with Crippen LogP contribution in [0.2, 0.25) is 5.02 Å². The Balaban J connectivity index is 1.77. The summed E-state index contributed by atoms with van der Waals surface area (Å²) in [4.78, 5) is 19.8. The predicted octanol–water partition coefficient (Wildman–Crippen LogP) is 5.06. The minimum atomic E-state index is -0.162. The molecule has 0 saturated heterocycles. The number of rotatable bonds is 5. The normalized spacial score (nSPS) is 11.1. The maximum atomic E-state index is 13.5. The van der Waals surface area contributed by atoms with E-state index in [1.54, 1.807) is 48.5 Å². The van der Waals surface area contributed by atoms with Gasteiger partial charge in [-0.05, 0) is 50.2 Å². The van der Waals surface area contributed by atoms with Crippen LogP contribution in [0, 0.1) is 6.92 Å². The Bertz CT molecular complexity index is 1280. The van der Waals surface area contributed by atoms with Gasteiger partial charge in [0, 0.05) is 47.4 Å². The highest BCUT2D eigenvalue weighted by molar-refractivity contribution is 6.30. The number of fused-ring (bicyclic) bond motifs is 1. The molecule has 0 aliphatic heterocycles. The van der Waals surface area contributed by atoms with E-state index in [0.717, 1.165) is 23.4 Å². The summed E-state index contributed by atoms with van der Waals surface area (Å²) < 4.78 is 1.91. The first-order valence-corrected chi connectivity index (χ1v) is 10.4. The molecule has 1 N–H and O–H groups in total. The molecule has 0 bridgehead atoms. The summed E-state index contributed by atoms with van der Waals surface area (Å²) in [6, 6.07) is 14.0. The molecule has 1 amide bonds. The van der Waals surface area contributed by atoms with Crippen LogP contribution in [-0.4, -0.2) is 37.7 Å². The maximum absolute atomic E-state index is 13.5. The van der Waals surface area contributed by atoms with Crippen molar-refractivity contribution in [1.82, 2.24) is 19.7 Å². The molecule has 6 nitrogen and oxygen atoms in total. The Kier molecular flexibility index (Phi) is 5.65. The number of nitrogens with zero attached hydrogens (tertiary/aromatic N) is 4. The van der Waals surface area contributed by atoms with E-state index in [1.807, 2.05) is 36.7 Å². The van der Waals surface area contributed by atoms with E-state index in [9.17, 15) is 9.90 Å². The van der Waals surface area contributed by atoms with Crippen LogP contribution in [0.15, 0.2) is 54.7 Å². The number of carbonyl (C=O) groups excluding carboxylic acids is 1. The third-order valence-corrected chi connectivity index (χ3v) is 5.64. The Morgan fingerprint density at radius 3 is 2.71 bits per heavy atom. The molecule has 2 aromatic carbocycles. The highest BCUT2D eigenvalue weighted by atomic mass is 35.5. The highest BCUT2D eigenvalue weighted by Crippen LogP contribution is 2.29. The molecule has 0 saturated carbocycles. The van der Waals surface area contributed by atoms with Gasteiger partial charge in [0.15, 0.2) is 0 Å². The molecule has 4 aromatic rings. The molecule has 0 aliphatic rings. The fraction of sp³-hybridized carbons (Fsp3) is 0.208. The molecular formula is C24H23ClN4O2. The van der Waals surface area contributed by atoms with Crippen molar-refractivity contribution in [2.45, 2.75) is 26.9 Å². The number of aryl methyl sites for hydroxylation is 1. The van der Waals surface area contributed by atoms with Gasteiger partial charge in [0.25, 0.3) is 5.91 Å². The third kappa shape index (κ3) is 4.11. The second-order valence-corrected chi connectivity index (χ2v) is 7.94. The number of phenols is 1. The van der Waals surface area contributed by atoms with Crippen molar-refractivity contribution >= 4 is 28.4 Å². The average Bonchev–Trinajstić information content (AvgIpc) is 3.11. The van der Waals surface area contributed by atoms with Gasteiger partial charge in [0.05, 0.1) is 23.0 Å². The number of halogens is 1. The van der Waals surface area contributed by atoms with Gasteiger partial charge in [-0.3, -0.25) is 9.48 Å². The molecule has 0 spiro atoms. The monoisotopic (exact) mass is 434 g/mol. The molecule has 7 heteroatoms. The van der Waals surface area contributed by atoms with Crippen LogP contribution in [-0.2, 0) is 13.1 Å². The van der Waals surface area contributed by atoms with Crippen molar-refractivity contribution in [3.63, 3.8) is 0 Å². The number of hydrogen-bond donors (Lipinski definition) is 1. The zero-order chi connectivity index (χ0) is 22.1. The minimum absolute atomic E-state index is 0.0848. The maximum Gasteiger partial charge on any atom is 0.254 e. The van der Waals surface area contributed by atoms with Gasteiger partial charge in [-0.1, -0.05) is 23.7 Å². The molecule has 31 heavy (non-hydrogen) atoms. The summed E-state index contributed by atoms with van der Waals surface area (Å²) in [5.41, 5.74) is 4.60. The van der Waals surface area contributed by atoms with Crippen molar-refractivity contribution in [3.8, 4) is 17.0 Å². The molecule has 4 rings (SSSR count). The van der Waals surface area contributed by atoms with Crippen LogP contribution in [0.25, 0.3) is 22.2 Å². The summed E-state index contributed by atoms with van der Waals surface area (Å²) in [7, 11) is 1.76. The van der Waals surface area contributed by atoms with Crippen molar-refractivity contribution in [2.24, 2.45) is 0 Å². The van der Waals surface area contributed by atoms with Crippen molar-refractivity contribution in [2.75, 3.05) is 7.05 Å². The van der Waals surface area contributed by atoms with E-state index >= 15 is 0 Å². The molecular weight excluding hydrogens is 412 g/mol. The first-order valence-electron chi connectivity index (χ1n) is 10.0. The van der Waals surface area contributed by atoms with Gasteiger partial charge < -0.3 is 10.0 Å². The van der Waals surface area contributed by atoms with Crippen LogP contribution < -0.4 is 0 Å². The molecule has 0 atom stereocenters. The topological polar surface area (TPSA) is 71.2 Å². The smallest absolute Gasteiger partial charge is 0.254 e. The van der Waals surface area contributed by atoms with Crippen LogP contribution in [0.1, 0.15) is 28.5 Å². The van der Waals surface area contributed by atoms with Gasteiger partial charge in [-0.15, -0.1) is 0 Å². The SMILES string of the molecule is CCn1ncc(CN(C)C(=O)c2cc(-c3cccc(Cl)c3)nc3ccc(O)cc23)c1C. The summed E-state index contributed by atoms with van der Waals surface area (Å²) in [6.45, 7) is 5.24. The van der Waals surface area contributed by atoms with Crippen LogP contribution in [0.5, 0.6) is 5.75 Å². The van der Waals surface area contributed by atoms with E-state index in [1.165, 1.54) is 0 Å². The Labute approximate surface area is 185 Å². The van der Waals surface area contributed by atoms with Gasteiger partial charge in [0.1, 0.15) is 5.75 Å². The van der Waals surface area contributed by atoms with Gasteiger partial charge in [-0.2, -0.15) is 5.10 Å². The minimum Gasteiger partial charge on any atom is -0.508 e. The van der Waals surface area contributed by atoms with Crippen LogP contribution in [0.4, 0.5) is 0 Å². The fourth-order valence-corrected chi connectivity index (χ4v) is 3.87. The first-order chi connectivity index (χ1) is 14.9. The van der Waals surface area contributed by atoms with Crippen molar-refractivity contribution in [1.29, 1.82) is 0 Å².